The van der Waals surface area contributed by atoms with Crippen molar-refractivity contribution in [3.8, 4) is 0 Å². The van der Waals surface area contributed by atoms with Crippen LogP contribution >= 0.6 is 0 Å². The lowest BCUT2D eigenvalue weighted by Gasteiger charge is -1.98. The SMILES string of the molecule is C.C.CCCCOCOC. The van der Waals surface area contributed by atoms with Crippen LogP contribution in [0.15, 0.2) is 0 Å². The van der Waals surface area contributed by atoms with Crippen molar-refractivity contribution in [2.75, 3.05) is 20.5 Å². The summed E-state index contributed by atoms with van der Waals surface area (Å²) < 4.78 is 9.67. The molecular weight excluding hydrogens is 128 g/mol. The molecule has 0 heterocycles. The van der Waals surface area contributed by atoms with E-state index in [0.29, 0.717) is 6.79 Å². The highest BCUT2D eigenvalue weighted by Crippen LogP contribution is 1.86. The van der Waals surface area contributed by atoms with Crippen LogP contribution in [-0.2, 0) is 9.47 Å². The topological polar surface area (TPSA) is 18.5 Å². The third-order valence-electron chi connectivity index (χ3n) is 0.843. The first-order chi connectivity index (χ1) is 3.91. The molecule has 0 aromatic carbocycles. The number of ether oxygens (including phenoxy) is 2. The van der Waals surface area contributed by atoms with Gasteiger partial charge in [0.15, 0.2) is 0 Å². The number of methoxy groups -OCH3 is 1. The number of unbranched alkanes of at least 4 members (excludes halogenated alkanes) is 1. The maximum atomic E-state index is 5.00. The van der Waals surface area contributed by atoms with Crippen molar-refractivity contribution in [3.63, 3.8) is 0 Å². The molecule has 0 unspecified atom stereocenters. The van der Waals surface area contributed by atoms with Crippen molar-refractivity contribution in [2.24, 2.45) is 0 Å². The lowest BCUT2D eigenvalue weighted by molar-refractivity contribution is -0.0312. The summed E-state index contributed by atoms with van der Waals surface area (Å²) in [4.78, 5) is 0. The predicted molar refractivity (Wildman–Crippen MR) is 46.2 cm³/mol. The summed E-state index contributed by atoms with van der Waals surface area (Å²) in [6.07, 6.45) is 2.31. The van der Waals surface area contributed by atoms with Crippen molar-refractivity contribution in [1.29, 1.82) is 0 Å². The first-order valence-electron chi connectivity index (χ1n) is 2.98. The summed E-state index contributed by atoms with van der Waals surface area (Å²) in [5, 5.41) is 0. The maximum absolute atomic E-state index is 5.00. The van der Waals surface area contributed by atoms with Gasteiger partial charge < -0.3 is 9.47 Å². The Hall–Kier alpha value is -0.0800. The van der Waals surface area contributed by atoms with Gasteiger partial charge in [-0.2, -0.15) is 0 Å². The van der Waals surface area contributed by atoms with Crippen LogP contribution in [0.5, 0.6) is 0 Å². The Labute approximate surface area is 65.5 Å². The molecule has 0 aromatic heterocycles. The van der Waals surface area contributed by atoms with Gasteiger partial charge in [-0.05, 0) is 6.42 Å². The Kier molecular flexibility index (Phi) is 26.3. The fourth-order valence-corrected chi connectivity index (χ4v) is 0.389. The highest BCUT2D eigenvalue weighted by molar-refractivity contribution is 4.27. The molecule has 0 spiro atoms. The molecule has 0 radical (unpaired) electrons. The minimum Gasteiger partial charge on any atom is -0.359 e. The summed E-state index contributed by atoms with van der Waals surface area (Å²) in [6.45, 7) is 3.39. The molecule has 10 heavy (non-hydrogen) atoms. The van der Waals surface area contributed by atoms with Crippen molar-refractivity contribution in [3.05, 3.63) is 0 Å². The second-order valence-corrected chi connectivity index (χ2v) is 1.67. The van der Waals surface area contributed by atoms with E-state index in [1.165, 1.54) is 6.42 Å². The zero-order valence-corrected chi connectivity index (χ0v) is 5.64. The van der Waals surface area contributed by atoms with Crippen LogP contribution in [0.4, 0.5) is 0 Å². The lowest BCUT2D eigenvalue weighted by Crippen LogP contribution is -1.97. The van der Waals surface area contributed by atoms with Gasteiger partial charge in [0.25, 0.3) is 0 Å². The first kappa shape index (κ1) is 16.5. The van der Waals surface area contributed by atoms with E-state index in [2.05, 4.69) is 11.7 Å². The van der Waals surface area contributed by atoms with E-state index in [1.54, 1.807) is 7.11 Å². The molecule has 0 aliphatic rings. The third kappa shape index (κ3) is 15.7. The Morgan fingerprint density at radius 1 is 1.20 bits per heavy atom. The van der Waals surface area contributed by atoms with Crippen molar-refractivity contribution < 1.29 is 9.47 Å². The van der Waals surface area contributed by atoms with E-state index in [4.69, 9.17) is 4.74 Å². The van der Waals surface area contributed by atoms with Gasteiger partial charge in [0.2, 0.25) is 0 Å². The normalized spacial score (nSPS) is 7.80. The molecule has 2 nitrogen and oxygen atoms in total. The summed E-state index contributed by atoms with van der Waals surface area (Å²) >= 11 is 0. The Balaban J connectivity index is -0.000000245. The Morgan fingerprint density at radius 3 is 2.20 bits per heavy atom. The summed E-state index contributed by atoms with van der Waals surface area (Å²) in [6, 6.07) is 0. The minimum absolute atomic E-state index is 0. The Bertz CT molecular complexity index is 32.2. The number of rotatable bonds is 5. The smallest absolute Gasteiger partial charge is 0.146 e. The number of hydrogen-bond acceptors (Lipinski definition) is 2. The van der Waals surface area contributed by atoms with Crippen LogP contribution in [0.25, 0.3) is 0 Å². The van der Waals surface area contributed by atoms with Crippen LogP contribution in [0.2, 0.25) is 0 Å². The van der Waals surface area contributed by atoms with E-state index in [9.17, 15) is 0 Å². The highest BCUT2D eigenvalue weighted by Gasteiger charge is 1.81. The van der Waals surface area contributed by atoms with Gasteiger partial charge in [-0.15, -0.1) is 0 Å². The van der Waals surface area contributed by atoms with Crippen LogP contribution in [-0.4, -0.2) is 20.5 Å². The lowest BCUT2D eigenvalue weighted by atomic mass is 10.4. The minimum atomic E-state index is 0. The van der Waals surface area contributed by atoms with Crippen LogP contribution in [0, 0.1) is 0 Å². The van der Waals surface area contributed by atoms with E-state index >= 15 is 0 Å². The van der Waals surface area contributed by atoms with Crippen LogP contribution < -0.4 is 0 Å². The van der Waals surface area contributed by atoms with E-state index in [-0.39, 0.29) is 14.9 Å². The second kappa shape index (κ2) is 16.0. The van der Waals surface area contributed by atoms with Crippen molar-refractivity contribution >= 4 is 0 Å². The van der Waals surface area contributed by atoms with Gasteiger partial charge in [-0.25, -0.2) is 0 Å². The Morgan fingerprint density at radius 2 is 1.80 bits per heavy atom. The summed E-state index contributed by atoms with van der Waals surface area (Å²) in [5.41, 5.74) is 0. The quantitative estimate of drug-likeness (QED) is 0.443. The molecule has 0 aliphatic carbocycles. The molecule has 0 aromatic rings. The highest BCUT2D eigenvalue weighted by atomic mass is 16.7. The van der Waals surface area contributed by atoms with E-state index < -0.39 is 0 Å². The average molecular weight is 150 g/mol. The first-order valence-corrected chi connectivity index (χ1v) is 2.98. The molecule has 2 heteroatoms. The molecule has 0 fully saturated rings. The zero-order valence-electron chi connectivity index (χ0n) is 5.64. The van der Waals surface area contributed by atoms with Crippen LogP contribution in [0.3, 0.4) is 0 Å². The van der Waals surface area contributed by atoms with E-state index in [1.807, 2.05) is 0 Å². The molecule has 0 rings (SSSR count). The predicted octanol–water partition coefficient (Wildman–Crippen LogP) is 2.68. The van der Waals surface area contributed by atoms with Gasteiger partial charge in [-0.3, -0.25) is 0 Å². The van der Waals surface area contributed by atoms with Gasteiger partial charge in [-0.1, -0.05) is 28.2 Å². The summed E-state index contributed by atoms with van der Waals surface area (Å²) in [5.74, 6) is 0. The molecule has 0 saturated carbocycles. The van der Waals surface area contributed by atoms with Gasteiger partial charge in [0.05, 0.1) is 0 Å². The molecule has 0 atom stereocenters. The van der Waals surface area contributed by atoms with E-state index in [0.717, 1.165) is 13.0 Å². The van der Waals surface area contributed by atoms with Crippen LogP contribution in [0.1, 0.15) is 34.6 Å². The van der Waals surface area contributed by atoms with Crippen molar-refractivity contribution in [2.45, 2.75) is 34.6 Å². The maximum Gasteiger partial charge on any atom is 0.146 e. The standard InChI is InChI=1S/C6H14O2.2CH4/c1-3-4-5-8-6-7-2;;/h3-6H2,1-2H3;2*1H4. The number of hydrogen-bond donors (Lipinski definition) is 0. The summed E-state index contributed by atoms with van der Waals surface area (Å²) in [7, 11) is 1.63. The molecule has 0 saturated heterocycles. The molecule has 0 aliphatic heterocycles. The fourth-order valence-electron chi connectivity index (χ4n) is 0.389. The largest absolute Gasteiger partial charge is 0.359 e. The average Bonchev–Trinajstić information content (AvgIpc) is 1.81. The van der Waals surface area contributed by atoms with Gasteiger partial charge >= 0.3 is 0 Å². The monoisotopic (exact) mass is 150 g/mol. The molecule has 66 valence electrons. The van der Waals surface area contributed by atoms with Gasteiger partial charge in [0.1, 0.15) is 6.79 Å². The zero-order chi connectivity index (χ0) is 6.24. The third-order valence-corrected chi connectivity index (χ3v) is 0.843. The second-order valence-electron chi connectivity index (χ2n) is 1.67. The fraction of sp³-hybridized carbons (Fsp3) is 1.00. The molecular formula is C8H22O2. The molecule has 0 amide bonds. The van der Waals surface area contributed by atoms with Gasteiger partial charge in [0, 0.05) is 13.7 Å². The molecule has 0 bridgehead atoms. The molecule has 0 N–H and O–H groups in total. The van der Waals surface area contributed by atoms with Crippen molar-refractivity contribution in [1.82, 2.24) is 0 Å².